The second-order valence-corrected chi connectivity index (χ2v) is 7.41. The summed E-state index contributed by atoms with van der Waals surface area (Å²) in [5.41, 5.74) is 0. The van der Waals surface area contributed by atoms with Gasteiger partial charge in [0.15, 0.2) is 11.1 Å². The van der Waals surface area contributed by atoms with Crippen LogP contribution < -0.4 is 10.6 Å². The maximum Gasteiger partial charge on any atom is 0.191 e. The highest BCUT2D eigenvalue weighted by molar-refractivity contribution is 7.98. The Kier molecular flexibility index (Phi) is 8.56. The third kappa shape index (κ3) is 6.53. The number of thioether (sulfide) groups is 1. The number of rotatable bonds is 10. The summed E-state index contributed by atoms with van der Waals surface area (Å²) in [6.45, 7) is 9.55. The Bertz CT molecular complexity index is 720. The van der Waals surface area contributed by atoms with Crippen LogP contribution in [0.25, 0.3) is 0 Å². The molecular formula is C17H31N9S. The zero-order valence-electron chi connectivity index (χ0n) is 16.9. The van der Waals surface area contributed by atoms with Crippen LogP contribution in [-0.4, -0.2) is 54.8 Å². The van der Waals surface area contributed by atoms with E-state index in [4.69, 9.17) is 0 Å². The summed E-state index contributed by atoms with van der Waals surface area (Å²) in [4.78, 5) is 8.77. The fraction of sp³-hybridized carbons (Fsp3) is 0.706. The van der Waals surface area contributed by atoms with Crippen molar-refractivity contribution in [2.24, 2.45) is 18.0 Å². The monoisotopic (exact) mass is 393 g/mol. The maximum atomic E-state index is 4.57. The summed E-state index contributed by atoms with van der Waals surface area (Å²) >= 11 is 1.65. The highest BCUT2D eigenvalue weighted by atomic mass is 32.2. The van der Waals surface area contributed by atoms with Crippen molar-refractivity contribution < 1.29 is 0 Å². The molecule has 0 radical (unpaired) electrons. The third-order valence-electron chi connectivity index (χ3n) is 3.92. The Hall–Kier alpha value is -2.10. The lowest BCUT2D eigenvalue weighted by Crippen LogP contribution is -2.38. The molecule has 0 bridgehead atoms. The van der Waals surface area contributed by atoms with E-state index < -0.39 is 0 Å². The van der Waals surface area contributed by atoms with Gasteiger partial charge in [-0.3, -0.25) is 4.68 Å². The minimum atomic E-state index is 0.492. The van der Waals surface area contributed by atoms with Crippen molar-refractivity contribution in [3.63, 3.8) is 0 Å². The van der Waals surface area contributed by atoms with Crippen molar-refractivity contribution in [1.82, 2.24) is 40.2 Å². The van der Waals surface area contributed by atoms with Crippen molar-refractivity contribution in [2.75, 3.05) is 19.3 Å². The second-order valence-electron chi connectivity index (χ2n) is 6.63. The average Bonchev–Trinajstić information content (AvgIpc) is 3.22. The molecule has 0 aliphatic rings. The number of hydrogen-bond donors (Lipinski definition) is 2. The van der Waals surface area contributed by atoms with Gasteiger partial charge >= 0.3 is 0 Å². The molecule has 9 nitrogen and oxygen atoms in total. The first-order chi connectivity index (χ1) is 13.0. The molecule has 0 atom stereocenters. The van der Waals surface area contributed by atoms with Crippen molar-refractivity contribution in [3.05, 3.63) is 18.0 Å². The number of aliphatic imine (C=N–C) groups is 1. The Morgan fingerprint density at radius 2 is 2.07 bits per heavy atom. The lowest BCUT2D eigenvalue weighted by Gasteiger charge is -2.13. The molecule has 2 aromatic rings. The van der Waals surface area contributed by atoms with Crippen LogP contribution >= 0.6 is 11.8 Å². The van der Waals surface area contributed by atoms with E-state index in [1.807, 2.05) is 13.3 Å². The zero-order chi connectivity index (χ0) is 19.6. The molecule has 0 aliphatic heterocycles. The Morgan fingerprint density at radius 1 is 1.26 bits per heavy atom. The van der Waals surface area contributed by atoms with Crippen LogP contribution in [-0.2, 0) is 26.6 Å². The smallest absolute Gasteiger partial charge is 0.191 e. The van der Waals surface area contributed by atoms with Crippen molar-refractivity contribution in [3.8, 4) is 0 Å². The summed E-state index contributed by atoms with van der Waals surface area (Å²) in [5.74, 6) is 3.24. The second kappa shape index (κ2) is 10.9. The minimum Gasteiger partial charge on any atom is -0.357 e. The van der Waals surface area contributed by atoms with E-state index in [2.05, 4.69) is 61.2 Å². The fourth-order valence-electron chi connectivity index (χ4n) is 2.61. The van der Waals surface area contributed by atoms with Gasteiger partial charge in [-0.15, -0.1) is 10.2 Å². The molecular weight excluding hydrogens is 362 g/mol. The van der Waals surface area contributed by atoms with E-state index in [-0.39, 0.29) is 0 Å². The number of nitrogens with zero attached hydrogens (tertiary/aromatic N) is 7. The summed E-state index contributed by atoms with van der Waals surface area (Å²) in [6.07, 6.45) is 5.43. The number of aryl methyl sites for hydroxylation is 2. The molecule has 2 rings (SSSR count). The first-order valence-electron chi connectivity index (χ1n) is 9.36. The topological polar surface area (TPSA) is 97.8 Å². The molecule has 2 heterocycles. The van der Waals surface area contributed by atoms with Crippen LogP contribution in [0.15, 0.2) is 16.5 Å². The molecule has 0 spiro atoms. The third-order valence-corrected chi connectivity index (χ3v) is 4.59. The Morgan fingerprint density at radius 3 is 2.70 bits per heavy atom. The van der Waals surface area contributed by atoms with Gasteiger partial charge in [-0.25, -0.2) is 9.98 Å². The number of hydrogen-bond acceptors (Lipinski definition) is 6. The fourth-order valence-corrected chi connectivity index (χ4v) is 3.13. The van der Waals surface area contributed by atoms with E-state index in [1.54, 1.807) is 22.8 Å². The highest BCUT2D eigenvalue weighted by Gasteiger charge is 2.12. The Labute approximate surface area is 165 Å². The van der Waals surface area contributed by atoms with E-state index >= 15 is 0 Å². The van der Waals surface area contributed by atoms with Crippen LogP contribution in [0.1, 0.15) is 38.8 Å². The van der Waals surface area contributed by atoms with Gasteiger partial charge in [0.2, 0.25) is 0 Å². The lowest BCUT2D eigenvalue weighted by molar-refractivity contribution is 0.477. The average molecular weight is 394 g/mol. The standard InChI is InChI=1S/C17H31N9S/c1-6-18-16(20-10-15-21-12-22-25(15)4)19-9-7-8-14-23-24-17(27-5)26(14)11-13(2)3/h12-13H,6-11H2,1-5H3,(H2,18,19,20). The quantitative estimate of drug-likeness (QED) is 0.273. The molecule has 0 saturated heterocycles. The van der Waals surface area contributed by atoms with Gasteiger partial charge < -0.3 is 15.2 Å². The summed E-state index contributed by atoms with van der Waals surface area (Å²) in [5, 5.41) is 20.4. The predicted molar refractivity (Wildman–Crippen MR) is 109 cm³/mol. The highest BCUT2D eigenvalue weighted by Crippen LogP contribution is 2.16. The molecule has 2 N–H and O–H groups in total. The van der Waals surface area contributed by atoms with Gasteiger partial charge in [-0.05, 0) is 25.5 Å². The van der Waals surface area contributed by atoms with Gasteiger partial charge in [-0.1, -0.05) is 25.6 Å². The molecule has 0 amide bonds. The molecule has 0 fully saturated rings. The van der Waals surface area contributed by atoms with Crippen LogP contribution in [0.5, 0.6) is 0 Å². The molecule has 0 aromatic carbocycles. The van der Waals surface area contributed by atoms with Crippen LogP contribution in [0.3, 0.4) is 0 Å². The van der Waals surface area contributed by atoms with Crippen LogP contribution in [0, 0.1) is 5.92 Å². The summed E-state index contributed by atoms with van der Waals surface area (Å²) in [6, 6.07) is 0. The molecule has 2 aromatic heterocycles. The predicted octanol–water partition coefficient (Wildman–Crippen LogP) is 1.47. The molecule has 0 aliphatic carbocycles. The first-order valence-corrected chi connectivity index (χ1v) is 10.6. The first kappa shape index (κ1) is 21.2. The SMILES string of the molecule is CCNC(=NCc1ncnn1C)NCCCc1nnc(SC)n1CC(C)C. The molecule has 0 saturated carbocycles. The van der Waals surface area contributed by atoms with Gasteiger partial charge in [-0.2, -0.15) is 5.10 Å². The van der Waals surface area contributed by atoms with Crippen molar-refractivity contribution in [1.29, 1.82) is 0 Å². The lowest BCUT2D eigenvalue weighted by atomic mass is 10.2. The Balaban J connectivity index is 1.86. The van der Waals surface area contributed by atoms with Gasteiger partial charge in [0.05, 0.1) is 0 Å². The normalized spacial score (nSPS) is 12.0. The zero-order valence-corrected chi connectivity index (χ0v) is 17.8. The molecule has 10 heteroatoms. The van der Waals surface area contributed by atoms with Gasteiger partial charge in [0.1, 0.15) is 24.5 Å². The number of nitrogens with one attached hydrogen (secondary N) is 2. The minimum absolute atomic E-state index is 0.492. The van der Waals surface area contributed by atoms with E-state index in [1.165, 1.54) is 0 Å². The summed E-state index contributed by atoms with van der Waals surface area (Å²) < 4.78 is 3.97. The maximum absolute atomic E-state index is 4.57. The number of aromatic nitrogens is 6. The summed E-state index contributed by atoms with van der Waals surface area (Å²) in [7, 11) is 1.87. The van der Waals surface area contributed by atoms with Crippen LogP contribution in [0.4, 0.5) is 0 Å². The molecule has 150 valence electrons. The van der Waals surface area contributed by atoms with Crippen molar-refractivity contribution >= 4 is 17.7 Å². The molecule has 27 heavy (non-hydrogen) atoms. The van der Waals surface area contributed by atoms with Gasteiger partial charge in [0.25, 0.3) is 0 Å². The number of guanidine groups is 1. The molecule has 0 unspecified atom stereocenters. The van der Waals surface area contributed by atoms with Crippen molar-refractivity contribution in [2.45, 2.75) is 51.9 Å². The largest absolute Gasteiger partial charge is 0.357 e. The van der Waals surface area contributed by atoms with Crippen LogP contribution in [0.2, 0.25) is 0 Å². The van der Waals surface area contributed by atoms with E-state index in [0.717, 1.165) is 55.2 Å². The van der Waals surface area contributed by atoms with E-state index in [0.29, 0.717) is 12.5 Å². The van der Waals surface area contributed by atoms with Gasteiger partial charge in [0, 0.05) is 33.1 Å². The van der Waals surface area contributed by atoms with E-state index in [9.17, 15) is 0 Å².